The zero-order chi connectivity index (χ0) is 14.1. The van der Waals surface area contributed by atoms with Crippen LogP contribution in [0, 0.1) is 11.8 Å². The monoisotopic (exact) mass is 304 g/mol. The van der Waals surface area contributed by atoms with Crippen LogP contribution in [0.5, 0.6) is 0 Å². The Hall–Kier alpha value is -0.950. The van der Waals surface area contributed by atoms with Crippen molar-refractivity contribution in [2.24, 2.45) is 0 Å². The minimum Gasteiger partial charge on any atom is -0.384 e. The Bertz CT molecular complexity index is 543. The lowest BCUT2D eigenvalue weighted by Crippen LogP contribution is -2.37. The van der Waals surface area contributed by atoms with E-state index in [1.165, 1.54) is 18.4 Å². The van der Waals surface area contributed by atoms with E-state index in [1.54, 1.807) is 6.07 Å². The molecule has 0 saturated carbocycles. The maximum Gasteiger partial charge on any atom is 0.277 e. The van der Waals surface area contributed by atoms with Gasteiger partial charge in [0.2, 0.25) is 0 Å². The summed E-state index contributed by atoms with van der Waals surface area (Å²) in [6.45, 7) is 0.468. The molecule has 0 aliphatic rings. The lowest BCUT2D eigenvalue weighted by Gasteiger charge is -2.07. The summed E-state index contributed by atoms with van der Waals surface area (Å²) in [5.41, 5.74) is 0.721. The van der Waals surface area contributed by atoms with E-state index < -0.39 is 10.2 Å². The molecule has 1 rings (SSSR count). The van der Waals surface area contributed by atoms with Gasteiger partial charge in [-0.1, -0.05) is 11.8 Å². The average molecular weight is 304 g/mol. The second kappa shape index (κ2) is 8.27. The van der Waals surface area contributed by atoms with Gasteiger partial charge in [-0.05, 0) is 11.4 Å². The van der Waals surface area contributed by atoms with Gasteiger partial charge >= 0.3 is 0 Å². The number of hydrogen-bond donors (Lipinski definition) is 3. The van der Waals surface area contributed by atoms with E-state index in [-0.39, 0.29) is 19.7 Å². The van der Waals surface area contributed by atoms with E-state index in [9.17, 15) is 8.42 Å². The Labute approximate surface area is 117 Å². The zero-order valence-electron chi connectivity index (χ0n) is 10.5. The molecule has 0 aromatic carbocycles. The van der Waals surface area contributed by atoms with E-state index in [4.69, 9.17) is 9.84 Å². The number of aliphatic hydroxyl groups is 1. The second-order valence-electron chi connectivity index (χ2n) is 3.43. The lowest BCUT2D eigenvalue weighted by atomic mass is 10.2. The molecule has 106 valence electrons. The molecule has 0 radical (unpaired) electrons. The van der Waals surface area contributed by atoms with Crippen molar-refractivity contribution < 1.29 is 18.3 Å². The molecular weight excluding hydrogens is 288 g/mol. The summed E-state index contributed by atoms with van der Waals surface area (Å²) in [7, 11) is -2.04. The quantitative estimate of drug-likeness (QED) is 0.475. The topological polar surface area (TPSA) is 87.7 Å². The normalized spacial score (nSPS) is 11.1. The van der Waals surface area contributed by atoms with Crippen molar-refractivity contribution in [1.29, 1.82) is 0 Å². The fourth-order valence-corrected chi connectivity index (χ4v) is 2.86. The van der Waals surface area contributed by atoms with Gasteiger partial charge in [0, 0.05) is 30.6 Å². The molecule has 8 heteroatoms. The highest BCUT2D eigenvalue weighted by atomic mass is 32.2. The maximum absolute atomic E-state index is 11.6. The summed E-state index contributed by atoms with van der Waals surface area (Å²) in [5.74, 6) is 5.30. The van der Waals surface area contributed by atoms with Gasteiger partial charge in [0.25, 0.3) is 10.2 Å². The Morgan fingerprint density at radius 2 is 2.26 bits per heavy atom. The third-order valence-corrected chi connectivity index (χ3v) is 4.10. The van der Waals surface area contributed by atoms with Crippen LogP contribution in [0.25, 0.3) is 0 Å². The molecule has 0 saturated heterocycles. The van der Waals surface area contributed by atoms with Gasteiger partial charge in [-0.15, -0.1) is 11.3 Å². The van der Waals surface area contributed by atoms with Crippen molar-refractivity contribution in [3.63, 3.8) is 0 Å². The maximum atomic E-state index is 11.6. The summed E-state index contributed by atoms with van der Waals surface area (Å²) < 4.78 is 32.7. The fraction of sp³-hybridized carbons (Fsp3) is 0.455. The van der Waals surface area contributed by atoms with Crippen LogP contribution in [0.15, 0.2) is 11.4 Å². The summed E-state index contributed by atoms with van der Waals surface area (Å²) in [6, 6.07) is 1.79. The van der Waals surface area contributed by atoms with Crippen molar-refractivity contribution in [2.45, 2.75) is 6.54 Å². The molecule has 1 aromatic rings. The van der Waals surface area contributed by atoms with Crippen LogP contribution >= 0.6 is 11.3 Å². The number of thiophene rings is 1. The van der Waals surface area contributed by atoms with Gasteiger partial charge in [-0.3, -0.25) is 0 Å². The van der Waals surface area contributed by atoms with Crippen molar-refractivity contribution in [3.05, 3.63) is 21.9 Å². The second-order valence-corrected chi connectivity index (χ2v) is 6.01. The third kappa shape index (κ3) is 6.15. The number of nitrogens with one attached hydrogen (secondary N) is 2. The molecule has 19 heavy (non-hydrogen) atoms. The summed E-state index contributed by atoms with van der Waals surface area (Å²) >= 11 is 1.41. The third-order valence-electron chi connectivity index (χ3n) is 2.07. The van der Waals surface area contributed by atoms with Crippen LogP contribution in [0.4, 0.5) is 0 Å². The van der Waals surface area contributed by atoms with Crippen LogP contribution in [0.2, 0.25) is 0 Å². The first kappa shape index (κ1) is 16.1. The van der Waals surface area contributed by atoms with E-state index in [0.29, 0.717) is 6.61 Å². The lowest BCUT2D eigenvalue weighted by molar-refractivity contribution is 0.204. The molecule has 0 bridgehead atoms. The van der Waals surface area contributed by atoms with Crippen LogP contribution in [0.3, 0.4) is 0 Å². The van der Waals surface area contributed by atoms with Crippen molar-refractivity contribution in [1.82, 2.24) is 9.44 Å². The first-order valence-corrected chi connectivity index (χ1v) is 7.84. The first-order chi connectivity index (χ1) is 9.09. The predicted octanol–water partition coefficient (Wildman–Crippen LogP) is -0.338. The minimum atomic E-state index is -3.54. The number of aliphatic hydroxyl groups excluding tert-OH is 1. The van der Waals surface area contributed by atoms with Gasteiger partial charge in [0.1, 0.15) is 6.61 Å². The Morgan fingerprint density at radius 1 is 1.47 bits per heavy atom. The Morgan fingerprint density at radius 3 is 2.95 bits per heavy atom. The molecule has 0 spiro atoms. The molecule has 1 aromatic heterocycles. The molecule has 0 aliphatic heterocycles. The summed E-state index contributed by atoms with van der Waals surface area (Å²) in [5, 5.41) is 10.5. The van der Waals surface area contributed by atoms with E-state index >= 15 is 0 Å². The van der Waals surface area contributed by atoms with Gasteiger partial charge in [0.05, 0.1) is 6.61 Å². The number of rotatable bonds is 7. The SMILES string of the molecule is COCCNS(=O)(=O)NCc1sccc1C#CCO. The smallest absolute Gasteiger partial charge is 0.277 e. The number of methoxy groups -OCH3 is 1. The van der Waals surface area contributed by atoms with Gasteiger partial charge < -0.3 is 9.84 Å². The fourth-order valence-electron chi connectivity index (χ4n) is 1.21. The Kier molecular flexibility index (Phi) is 7.01. The summed E-state index contributed by atoms with van der Waals surface area (Å²) in [6.07, 6.45) is 0. The van der Waals surface area contributed by atoms with E-state index in [1.807, 2.05) is 5.38 Å². The molecule has 0 unspecified atom stereocenters. The zero-order valence-corrected chi connectivity index (χ0v) is 12.1. The molecule has 3 N–H and O–H groups in total. The van der Waals surface area contributed by atoms with Gasteiger partial charge in [0.15, 0.2) is 0 Å². The van der Waals surface area contributed by atoms with E-state index in [2.05, 4.69) is 21.3 Å². The highest BCUT2D eigenvalue weighted by Gasteiger charge is 2.10. The Balaban J connectivity index is 2.54. The molecular formula is C11H16N2O4S2. The first-order valence-electron chi connectivity index (χ1n) is 5.48. The van der Waals surface area contributed by atoms with Crippen LogP contribution in [-0.4, -0.2) is 40.4 Å². The number of hydrogen-bond acceptors (Lipinski definition) is 5. The standard InChI is InChI=1S/C11H16N2O4S2/c1-17-7-5-12-19(15,16)13-9-11-10(3-2-6-14)4-8-18-11/h4,8,12-14H,5-7,9H2,1H3. The van der Waals surface area contributed by atoms with Gasteiger partial charge in [-0.2, -0.15) is 17.9 Å². The van der Waals surface area contributed by atoms with Crippen LogP contribution < -0.4 is 9.44 Å². The highest BCUT2D eigenvalue weighted by molar-refractivity contribution is 7.87. The van der Waals surface area contributed by atoms with Crippen molar-refractivity contribution in [3.8, 4) is 11.8 Å². The van der Waals surface area contributed by atoms with Crippen molar-refractivity contribution in [2.75, 3.05) is 26.9 Å². The molecule has 0 atom stereocenters. The minimum absolute atomic E-state index is 0.162. The molecule has 6 nitrogen and oxygen atoms in total. The largest absolute Gasteiger partial charge is 0.384 e. The highest BCUT2D eigenvalue weighted by Crippen LogP contribution is 2.15. The molecule has 1 heterocycles. The molecule has 0 fully saturated rings. The molecule has 0 aliphatic carbocycles. The number of ether oxygens (including phenoxy) is 1. The van der Waals surface area contributed by atoms with E-state index in [0.717, 1.165) is 10.4 Å². The van der Waals surface area contributed by atoms with Crippen LogP contribution in [-0.2, 0) is 21.5 Å². The van der Waals surface area contributed by atoms with Gasteiger partial charge in [-0.25, -0.2) is 0 Å². The van der Waals surface area contributed by atoms with Crippen LogP contribution in [0.1, 0.15) is 10.4 Å². The average Bonchev–Trinajstić information content (AvgIpc) is 2.82. The van der Waals surface area contributed by atoms with Crippen molar-refractivity contribution >= 4 is 21.5 Å². The molecule has 0 amide bonds. The predicted molar refractivity (Wildman–Crippen MR) is 73.9 cm³/mol. The summed E-state index contributed by atoms with van der Waals surface area (Å²) in [4.78, 5) is 0.804.